The molecule has 0 saturated carbocycles. The van der Waals surface area contributed by atoms with Crippen LogP contribution in [-0.4, -0.2) is 25.7 Å². The molecule has 1 rings (SSSR count). The van der Waals surface area contributed by atoms with Gasteiger partial charge in [0.15, 0.2) is 6.21 Å². The third-order valence-corrected chi connectivity index (χ3v) is 2.95. The van der Waals surface area contributed by atoms with E-state index in [2.05, 4.69) is 9.44 Å². The largest absolute Gasteiger partial charge is 0.477 e. The highest BCUT2D eigenvalue weighted by molar-refractivity contribution is 7.86. The third-order valence-electron chi connectivity index (χ3n) is 1.67. The van der Waals surface area contributed by atoms with Crippen molar-refractivity contribution in [3.05, 3.63) is 29.8 Å². The van der Waals surface area contributed by atoms with Gasteiger partial charge in [-0.05, 0) is 18.6 Å². The molecule has 0 fully saturated rings. The average Bonchev–Trinajstić information content (AvgIpc) is 2.17. The van der Waals surface area contributed by atoms with Gasteiger partial charge in [-0.25, -0.2) is 4.79 Å². The zero-order valence-corrected chi connectivity index (χ0v) is 9.14. The maximum absolute atomic E-state index is 11.5. The van der Waals surface area contributed by atoms with Crippen molar-refractivity contribution in [1.82, 2.24) is 0 Å². The number of aryl methyl sites for hydroxylation is 1. The Morgan fingerprint density at radius 3 is 2.62 bits per heavy atom. The molecule has 0 aliphatic heterocycles. The van der Waals surface area contributed by atoms with E-state index in [9.17, 15) is 13.2 Å². The molecule has 0 aliphatic rings. The molecule has 86 valence electrons. The standard InChI is InChI=1S/C9H9NO5S/c1-7-4-2-3-5-8(7)16(13,14)15-10-6-9(11)12/h2-6H,1H3,(H,11,12)/b10-6-. The highest BCUT2D eigenvalue weighted by Crippen LogP contribution is 2.16. The molecule has 1 N–H and O–H groups in total. The van der Waals surface area contributed by atoms with Gasteiger partial charge in [0.25, 0.3) is 0 Å². The molecule has 0 aromatic heterocycles. The van der Waals surface area contributed by atoms with E-state index in [4.69, 9.17) is 5.11 Å². The molecule has 0 atom stereocenters. The highest BCUT2D eigenvalue weighted by atomic mass is 32.2. The minimum Gasteiger partial charge on any atom is -0.477 e. The van der Waals surface area contributed by atoms with Crippen LogP contribution in [0.3, 0.4) is 0 Å². The molecule has 0 aliphatic carbocycles. The van der Waals surface area contributed by atoms with Crippen molar-refractivity contribution in [1.29, 1.82) is 0 Å². The smallest absolute Gasteiger partial charge is 0.358 e. The van der Waals surface area contributed by atoms with Gasteiger partial charge >= 0.3 is 16.1 Å². The summed E-state index contributed by atoms with van der Waals surface area (Å²) in [5.41, 5.74) is 0.494. The van der Waals surface area contributed by atoms with Gasteiger partial charge in [0, 0.05) is 0 Å². The van der Waals surface area contributed by atoms with E-state index < -0.39 is 16.1 Å². The Hall–Kier alpha value is -1.89. The van der Waals surface area contributed by atoms with E-state index in [1.54, 1.807) is 19.1 Å². The molecule has 0 radical (unpaired) electrons. The molecule has 1 aromatic rings. The van der Waals surface area contributed by atoms with Crippen LogP contribution >= 0.6 is 0 Å². The van der Waals surface area contributed by atoms with E-state index in [0.29, 0.717) is 11.8 Å². The summed E-state index contributed by atoms with van der Waals surface area (Å²) in [6, 6.07) is 6.15. The van der Waals surface area contributed by atoms with Crippen molar-refractivity contribution >= 4 is 22.3 Å². The van der Waals surface area contributed by atoms with Crippen LogP contribution in [0.25, 0.3) is 0 Å². The van der Waals surface area contributed by atoms with Gasteiger partial charge in [0.2, 0.25) is 0 Å². The van der Waals surface area contributed by atoms with Crippen molar-refractivity contribution in [2.24, 2.45) is 5.16 Å². The molecular formula is C9H9NO5S. The van der Waals surface area contributed by atoms with Gasteiger partial charge in [0.05, 0.1) is 0 Å². The minimum absolute atomic E-state index is 0.0439. The summed E-state index contributed by atoms with van der Waals surface area (Å²) in [5, 5.41) is 11.1. The van der Waals surface area contributed by atoms with Gasteiger partial charge in [0.1, 0.15) is 4.90 Å². The summed E-state index contributed by atoms with van der Waals surface area (Å²) < 4.78 is 27.2. The minimum atomic E-state index is -4.05. The first-order valence-electron chi connectivity index (χ1n) is 4.19. The summed E-state index contributed by atoms with van der Waals surface area (Å²) in [7, 11) is -4.05. The molecule has 0 heterocycles. The van der Waals surface area contributed by atoms with E-state index >= 15 is 0 Å². The van der Waals surface area contributed by atoms with Crippen molar-refractivity contribution in [2.75, 3.05) is 0 Å². The first-order valence-corrected chi connectivity index (χ1v) is 5.60. The van der Waals surface area contributed by atoms with Crippen LogP contribution in [0.15, 0.2) is 34.3 Å². The first kappa shape index (κ1) is 12.2. The predicted molar refractivity (Wildman–Crippen MR) is 55.6 cm³/mol. The monoisotopic (exact) mass is 243 g/mol. The number of hydrogen-bond acceptors (Lipinski definition) is 5. The number of carboxylic acids is 1. The van der Waals surface area contributed by atoms with E-state index in [0.717, 1.165) is 0 Å². The van der Waals surface area contributed by atoms with Crippen LogP contribution in [0.5, 0.6) is 0 Å². The molecule has 0 bridgehead atoms. The van der Waals surface area contributed by atoms with Crippen molar-refractivity contribution in [3.8, 4) is 0 Å². The Labute approximate surface area is 92.3 Å². The number of nitrogens with zero attached hydrogens (tertiary/aromatic N) is 1. The molecular weight excluding hydrogens is 234 g/mol. The Bertz CT molecular complexity index is 520. The second-order valence-corrected chi connectivity index (χ2v) is 4.36. The van der Waals surface area contributed by atoms with Crippen molar-refractivity contribution in [2.45, 2.75) is 11.8 Å². The first-order chi connectivity index (χ1) is 7.43. The summed E-state index contributed by atoms with van der Waals surface area (Å²) >= 11 is 0. The van der Waals surface area contributed by atoms with E-state index in [1.165, 1.54) is 12.1 Å². The van der Waals surface area contributed by atoms with Crippen molar-refractivity contribution < 1.29 is 22.6 Å². The summed E-state index contributed by atoms with van der Waals surface area (Å²) in [4.78, 5) is 10.0. The average molecular weight is 243 g/mol. The quantitative estimate of drug-likeness (QED) is 0.622. The topological polar surface area (TPSA) is 93.0 Å². The fourth-order valence-corrected chi connectivity index (χ4v) is 1.94. The number of carboxylic acid groups (broad SMARTS) is 1. The molecule has 1 aromatic carbocycles. The third kappa shape index (κ3) is 3.06. The highest BCUT2D eigenvalue weighted by Gasteiger charge is 2.17. The summed E-state index contributed by atoms with van der Waals surface area (Å²) in [6.45, 7) is 1.59. The van der Waals surface area contributed by atoms with Gasteiger partial charge < -0.3 is 5.11 Å². The Morgan fingerprint density at radius 1 is 1.44 bits per heavy atom. The number of rotatable bonds is 4. The van der Waals surface area contributed by atoms with Crippen LogP contribution in [-0.2, 0) is 19.2 Å². The molecule has 0 amide bonds. The molecule has 0 spiro atoms. The Balaban J connectivity index is 2.96. The lowest BCUT2D eigenvalue weighted by Crippen LogP contribution is -2.06. The number of hydrogen-bond donors (Lipinski definition) is 1. The van der Waals surface area contributed by atoms with Crippen LogP contribution in [0.2, 0.25) is 0 Å². The van der Waals surface area contributed by atoms with Crippen LogP contribution in [0, 0.1) is 6.92 Å². The molecule has 0 unspecified atom stereocenters. The maximum atomic E-state index is 11.5. The number of carbonyl (C=O) groups is 1. The second kappa shape index (κ2) is 4.75. The molecule has 7 heteroatoms. The van der Waals surface area contributed by atoms with Gasteiger partial charge in [-0.2, -0.15) is 8.42 Å². The molecule has 16 heavy (non-hydrogen) atoms. The molecule has 6 nitrogen and oxygen atoms in total. The fraction of sp³-hybridized carbons (Fsp3) is 0.111. The predicted octanol–water partition coefficient (Wildman–Crippen LogP) is 0.771. The zero-order valence-electron chi connectivity index (χ0n) is 8.32. The Morgan fingerprint density at radius 2 is 2.06 bits per heavy atom. The normalized spacial score (nSPS) is 11.6. The van der Waals surface area contributed by atoms with Crippen molar-refractivity contribution in [3.63, 3.8) is 0 Å². The van der Waals surface area contributed by atoms with E-state index in [1.807, 2.05) is 0 Å². The number of aliphatic carboxylic acids is 1. The summed E-state index contributed by atoms with van der Waals surface area (Å²) in [5.74, 6) is -1.39. The van der Waals surface area contributed by atoms with E-state index in [-0.39, 0.29) is 4.90 Å². The van der Waals surface area contributed by atoms with Gasteiger partial charge in [-0.15, -0.1) is 0 Å². The maximum Gasteiger partial charge on any atom is 0.358 e. The van der Waals surface area contributed by atoms with Crippen LogP contribution in [0.4, 0.5) is 0 Å². The lowest BCUT2D eigenvalue weighted by atomic mass is 10.2. The molecule has 0 saturated heterocycles. The number of benzene rings is 1. The number of oxime groups is 1. The fourth-order valence-electron chi connectivity index (χ4n) is 1.00. The summed E-state index contributed by atoms with van der Waals surface area (Å²) in [6.07, 6.45) is 0.357. The zero-order chi connectivity index (χ0) is 12.2. The lowest BCUT2D eigenvalue weighted by Gasteiger charge is -2.03. The van der Waals surface area contributed by atoms with Gasteiger partial charge in [-0.1, -0.05) is 23.4 Å². The SMILES string of the molecule is Cc1ccccc1S(=O)(=O)O/N=C\C(=O)O. The lowest BCUT2D eigenvalue weighted by molar-refractivity contribution is -0.128. The van der Waals surface area contributed by atoms with Gasteiger partial charge in [-0.3, -0.25) is 4.28 Å². The van der Waals surface area contributed by atoms with Crippen LogP contribution < -0.4 is 0 Å². The second-order valence-electron chi connectivity index (χ2n) is 2.87. The van der Waals surface area contributed by atoms with Crippen LogP contribution in [0.1, 0.15) is 5.56 Å². The Kier molecular flexibility index (Phi) is 3.62.